The van der Waals surface area contributed by atoms with Gasteiger partial charge in [-0.2, -0.15) is 11.3 Å². The molecule has 1 atom stereocenters. The fourth-order valence-electron chi connectivity index (χ4n) is 5.43. The number of carboxylic acids is 1. The SMILES string of the molecule is O=C(O)C(NC1C(=O)N(CC2CC2)c2ccccc2N(CC2CC2)C1=O)N(C(=O)Cc1cc(F)cc(F)c1)c1ccsc1. The highest BCUT2D eigenvalue weighted by Gasteiger charge is 2.46. The molecule has 3 aromatic rings. The average Bonchev–Trinajstić information content (AvgIpc) is 3.90. The zero-order valence-corrected chi connectivity index (χ0v) is 23.9. The van der Waals surface area contributed by atoms with Crippen LogP contribution in [0.4, 0.5) is 25.8 Å². The van der Waals surface area contributed by atoms with E-state index in [2.05, 4.69) is 5.32 Å². The first-order valence-electron chi connectivity index (χ1n) is 14.2. The number of aliphatic carboxylic acids is 1. The summed E-state index contributed by atoms with van der Waals surface area (Å²) < 4.78 is 27.8. The number of nitrogens with one attached hydrogen (secondary N) is 1. The molecule has 0 bridgehead atoms. The van der Waals surface area contributed by atoms with Crippen LogP contribution in [0.1, 0.15) is 31.2 Å². The number of anilines is 3. The van der Waals surface area contributed by atoms with Crippen LogP contribution < -0.4 is 20.0 Å². The number of nitrogens with zero attached hydrogens (tertiary/aromatic N) is 3. The van der Waals surface area contributed by atoms with Crippen LogP contribution in [0.5, 0.6) is 0 Å². The molecular formula is C31H30F2N4O5S. The van der Waals surface area contributed by atoms with Crippen LogP contribution in [-0.2, 0) is 25.6 Å². The maximum atomic E-state index is 14.2. The summed E-state index contributed by atoms with van der Waals surface area (Å²) in [6.07, 6.45) is 1.43. The van der Waals surface area contributed by atoms with E-state index in [9.17, 15) is 33.1 Å². The first-order chi connectivity index (χ1) is 20.7. The van der Waals surface area contributed by atoms with Gasteiger partial charge in [0, 0.05) is 24.5 Å². The molecule has 0 spiro atoms. The van der Waals surface area contributed by atoms with Gasteiger partial charge in [0.2, 0.25) is 5.91 Å². The van der Waals surface area contributed by atoms with Crippen LogP contribution >= 0.6 is 11.3 Å². The van der Waals surface area contributed by atoms with E-state index in [0.29, 0.717) is 30.5 Å². The van der Waals surface area contributed by atoms with Gasteiger partial charge in [-0.25, -0.2) is 13.6 Å². The van der Waals surface area contributed by atoms with Crippen molar-refractivity contribution in [1.29, 1.82) is 0 Å². The number of benzene rings is 2. The van der Waals surface area contributed by atoms with Crippen molar-refractivity contribution in [2.45, 2.75) is 44.3 Å². The first kappa shape index (κ1) is 28.9. The summed E-state index contributed by atoms with van der Waals surface area (Å²) in [5.41, 5.74) is 1.38. The lowest BCUT2D eigenvalue weighted by atomic mass is 10.1. The van der Waals surface area contributed by atoms with Crippen molar-refractivity contribution >= 4 is 52.1 Å². The Labute approximate surface area is 250 Å². The minimum Gasteiger partial charge on any atom is -0.479 e. The number of halogens is 2. The second kappa shape index (κ2) is 11.8. The number of amides is 3. The van der Waals surface area contributed by atoms with E-state index in [0.717, 1.165) is 42.7 Å². The number of fused-ring (bicyclic) bond motifs is 1. The molecule has 0 radical (unpaired) electrons. The normalized spacial score (nSPS) is 17.9. The van der Waals surface area contributed by atoms with Gasteiger partial charge in [-0.3, -0.25) is 24.6 Å². The number of carbonyl (C=O) groups excluding carboxylic acids is 3. The highest BCUT2D eigenvalue weighted by atomic mass is 32.1. The lowest BCUT2D eigenvalue weighted by molar-refractivity contribution is -0.142. The molecule has 6 rings (SSSR count). The van der Waals surface area contributed by atoms with Crippen molar-refractivity contribution in [3.8, 4) is 0 Å². The molecule has 9 nitrogen and oxygen atoms in total. The summed E-state index contributed by atoms with van der Waals surface area (Å²) in [5.74, 6) is -4.70. The fraction of sp³-hybridized carbons (Fsp3) is 0.355. The number of para-hydroxylation sites is 2. The molecule has 1 unspecified atom stereocenters. The van der Waals surface area contributed by atoms with Gasteiger partial charge < -0.3 is 14.9 Å². The van der Waals surface area contributed by atoms with E-state index in [4.69, 9.17) is 0 Å². The van der Waals surface area contributed by atoms with Crippen molar-refractivity contribution in [1.82, 2.24) is 5.32 Å². The van der Waals surface area contributed by atoms with E-state index in [1.54, 1.807) is 44.8 Å². The third-order valence-corrected chi connectivity index (χ3v) is 8.58. The molecule has 2 heterocycles. The second-order valence-electron chi connectivity index (χ2n) is 11.3. The van der Waals surface area contributed by atoms with Crippen LogP contribution in [0, 0.1) is 23.5 Å². The number of thiophene rings is 1. The van der Waals surface area contributed by atoms with Gasteiger partial charge in [0.05, 0.1) is 23.5 Å². The molecule has 2 aliphatic carbocycles. The van der Waals surface area contributed by atoms with Gasteiger partial charge in [-0.15, -0.1) is 0 Å². The Hall–Kier alpha value is -4.16. The van der Waals surface area contributed by atoms with Crippen molar-refractivity contribution in [2.75, 3.05) is 27.8 Å². The summed E-state index contributed by atoms with van der Waals surface area (Å²) >= 11 is 1.21. The third-order valence-electron chi connectivity index (χ3n) is 7.91. The molecule has 12 heteroatoms. The molecule has 0 saturated heterocycles. The zero-order chi connectivity index (χ0) is 30.2. The smallest absolute Gasteiger partial charge is 0.342 e. The Balaban J connectivity index is 1.37. The number of hydrogen-bond donors (Lipinski definition) is 2. The summed E-state index contributed by atoms with van der Waals surface area (Å²) in [6.45, 7) is 0.767. The molecule has 2 fully saturated rings. The minimum absolute atomic E-state index is 0.00940. The van der Waals surface area contributed by atoms with E-state index in [1.807, 2.05) is 0 Å². The predicted molar refractivity (Wildman–Crippen MR) is 157 cm³/mol. The van der Waals surface area contributed by atoms with Crippen LogP contribution in [0.3, 0.4) is 0 Å². The Morgan fingerprint density at radius 1 is 0.930 bits per heavy atom. The summed E-state index contributed by atoms with van der Waals surface area (Å²) in [7, 11) is 0. The van der Waals surface area contributed by atoms with Gasteiger partial charge in [0.15, 0.2) is 12.2 Å². The van der Waals surface area contributed by atoms with Crippen LogP contribution in [0.25, 0.3) is 0 Å². The Bertz CT molecular complexity index is 1490. The van der Waals surface area contributed by atoms with E-state index >= 15 is 0 Å². The van der Waals surface area contributed by atoms with Crippen molar-refractivity contribution < 1.29 is 33.1 Å². The Kier molecular flexibility index (Phi) is 7.97. The largest absolute Gasteiger partial charge is 0.479 e. The van der Waals surface area contributed by atoms with Gasteiger partial charge in [0.1, 0.15) is 11.6 Å². The predicted octanol–water partition coefficient (Wildman–Crippen LogP) is 4.17. The summed E-state index contributed by atoms with van der Waals surface area (Å²) in [5, 5.41) is 16.3. The molecule has 3 amide bonds. The molecule has 224 valence electrons. The fourth-order valence-corrected chi connectivity index (χ4v) is 6.06. The molecular weight excluding hydrogens is 578 g/mol. The standard InChI is InChI=1S/C31H30F2N4O5S/c32-21-11-20(12-22(33)14-21)13-26(38)37(23-9-10-43-17-23)28(31(41)42)34-27-29(39)35(15-18-5-6-18)24-3-1-2-4-25(24)36(30(27)40)16-19-7-8-19/h1-4,9-12,14,17-19,27-28,34H,5-8,13,15-16H2,(H,41,42). The van der Waals surface area contributed by atoms with E-state index in [-0.39, 0.29) is 23.1 Å². The van der Waals surface area contributed by atoms with Gasteiger partial charge in [-0.1, -0.05) is 12.1 Å². The molecule has 1 aliphatic heterocycles. The minimum atomic E-state index is -1.84. The quantitative estimate of drug-likeness (QED) is 0.250. The Morgan fingerprint density at radius 2 is 1.49 bits per heavy atom. The summed E-state index contributed by atoms with van der Waals surface area (Å²) in [6, 6.07) is 9.77. The zero-order valence-electron chi connectivity index (χ0n) is 23.1. The van der Waals surface area contributed by atoms with Gasteiger partial charge in [-0.05, 0) is 78.8 Å². The molecule has 2 N–H and O–H groups in total. The number of carboxylic acid groups (broad SMARTS) is 1. The molecule has 1 aromatic heterocycles. The van der Waals surface area contributed by atoms with Gasteiger partial charge in [0.25, 0.3) is 11.8 Å². The number of rotatable bonds is 11. The molecule has 43 heavy (non-hydrogen) atoms. The topological polar surface area (TPSA) is 110 Å². The maximum absolute atomic E-state index is 14.2. The van der Waals surface area contributed by atoms with Crippen LogP contribution in [0.15, 0.2) is 59.3 Å². The highest BCUT2D eigenvalue weighted by Crippen LogP contribution is 2.40. The Morgan fingerprint density at radius 3 is 1.95 bits per heavy atom. The third kappa shape index (κ3) is 6.30. The number of carbonyl (C=O) groups is 4. The number of hydrogen-bond acceptors (Lipinski definition) is 6. The van der Waals surface area contributed by atoms with Gasteiger partial charge >= 0.3 is 5.97 Å². The monoisotopic (exact) mass is 608 g/mol. The van der Waals surface area contributed by atoms with Crippen molar-refractivity contribution in [2.24, 2.45) is 11.8 Å². The van der Waals surface area contributed by atoms with Crippen molar-refractivity contribution in [3.63, 3.8) is 0 Å². The van der Waals surface area contributed by atoms with Crippen molar-refractivity contribution in [3.05, 3.63) is 76.5 Å². The van der Waals surface area contributed by atoms with Crippen LogP contribution in [-0.4, -0.2) is 54.1 Å². The maximum Gasteiger partial charge on any atom is 0.342 e. The first-order valence-corrected chi connectivity index (χ1v) is 15.1. The second-order valence-corrected chi connectivity index (χ2v) is 12.1. The average molecular weight is 609 g/mol. The lowest BCUT2D eigenvalue weighted by Crippen LogP contribution is -2.63. The highest BCUT2D eigenvalue weighted by molar-refractivity contribution is 7.08. The van der Waals surface area contributed by atoms with Crippen LogP contribution in [0.2, 0.25) is 0 Å². The molecule has 2 aromatic carbocycles. The summed E-state index contributed by atoms with van der Waals surface area (Å²) in [4.78, 5) is 58.8. The molecule has 2 saturated carbocycles. The van der Waals surface area contributed by atoms with E-state index < -0.39 is 54.0 Å². The van der Waals surface area contributed by atoms with E-state index in [1.165, 1.54) is 17.4 Å². The lowest BCUT2D eigenvalue weighted by Gasteiger charge is -2.33. The molecule has 3 aliphatic rings.